The fourth-order valence-electron chi connectivity index (χ4n) is 2.77. The Kier molecular flexibility index (Phi) is 4.46. The highest BCUT2D eigenvalue weighted by Crippen LogP contribution is 2.32. The molecule has 0 saturated carbocycles. The van der Waals surface area contributed by atoms with Crippen molar-refractivity contribution in [2.24, 2.45) is 5.41 Å². The number of Topliss-reactive ketones (excluding diaryl/α,β-unsaturated/α-hetero) is 1. The minimum atomic E-state index is -0.634. The lowest BCUT2D eigenvalue weighted by Crippen LogP contribution is -2.26. The lowest BCUT2D eigenvalue weighted by atomic mass is 9.92. The second-order valence-electron chi connectivity index (χ2n) is 6.95. The topological polar surface area (TPSA) is 34.1 Å². The van der Waals surface area contributed by atoms with Gasteiger partial charge >= 0.3 is 0 Å². The Labute approximate surface area is 146 Å². The Morgan fingerprint density at radius 3 is 1.88 bits per heavy atom. The summed E-state index contributed by atoms with van der Waals surface area (Å²) in [6.07, 6.45) is 0. The smallest absolute Gasteiger partial charge is 0.255 e. The zero-order valence-corrected chi connectivity index (χ0v) is 14.9. The maximum Gasteiger partial charge on any atom is 0.255 e. The van der Waals surface area contributed by atoms with Crippen molar-refractivity contribution in [1.82, 2.24) is 0 Å². The number of fused-ring (bicyclic) bond motifs is 2. The fourth-order valence-corrected chi connectivity index (χ4v) is 3.80. The Bertz CT molecular complexity index is 881. The number of carbonyl (C=O) groups excluding carboxylic acids is 2. The molecule has 0 amide bonds. The molecule has 0 fully saturated rings. The van der Waals surface area contributed by atoms with Crippen molar-refractivity contribution in [3.63, 3.8) is 0 Å². The van der Waals surface area contributed by atoms with Crippen LogP contribution in [0.3, 0.4) is 0 Å². The van der Waals surface area contributed by atoms with E-state index in [1.807, 2.05) is 24.3 Å². The van der Waals surface area contributed by atoms with E-state index in [0.717, 1.165) is 38.9 Å². The first-order valence-corrected chi connectivity index (χ1v) is 8.97. The van der Waals surface area contributed by atoms with Crippen LogP contribution in [-0.4, -0.2) is 10.9 Å². The van der Waals surface area contributed by atoms with Gasteiger partial charge in [-0.15, -0.1) is 0 Å². The van der Waals surface area contributed by atoms with Gasteiger partial charge in [-0.3, -0.25) is 9.59 Å². The van der Waals surface area contributed by atoms with E-state index in [1.54, 1.807) is 20.8 Å². The number of rotatable bonds is 3. The quantitative estimate of drug-likeness (QED) is 0.476. The first kappa shape index (κ1) is 16.7. The van der Waals surface area contributed by atoms with Crippen molar-refractivity contribution in [3.05, 3.63) is 60.2 Å². The first-order valence-electron chi connectivity index (χ1n) is 7.99. The number of hydrogen-bond donors (Lipinski definition) is 0. The molecule has 0 saturated heterocycles. The van der Waals surface area contributed by atoms with Gasteiger partial charge < -0.3 is 0 Å². The SMILES string of the molecule is CC(C)(C)C(=O)C(=O)SCc1c2ccccc2cc2ccccc12. The minimum Gasteiger partial charge on any atom is -0.289 e. The molecule has 0 N–H and O–H groups in total. The summed E-state index contributed by atoms with van der Waals surface area (Å²) in [5.74, 6) is 0.180. The van der Waals surface area contributed by atoms with Gasteiger partial charge in [0.2, 0.25) is 5.78 Å². The van der Waals surface area contributed by atoms with Crippen LogP contribution in [0.4, 0.5) is 0 Å². The van der Waals surface area contributed by atoms with E-state index in [-0.39, 0.29) is 10.9 Å². The van der Waals surface area contributed by atoms with Crippen LogP contribution in [0, 0.1) is 5.41 Å². The molecule has 0 bridgehead atoms. The van der Waals surface area contributed by atoms with E-state index < -0.39 is 5.41 Å². The van der Waals surface area contributed by atoms with Crippen LogP contribution in [0.1, 0.15) is 26.3 Å². The molecule has 0 unspecified atom stereocenters. The maximum absolute atomic E-state index is 12.2. The van der Waals surface area contributed by atoms with Crippen molar-refractivity contribution >= 4 is 44.2 Å². The standard InChI is InChI=1S/C21H20O2S/c1-21(2,3)19(22)20(23)24-13-18-16-10-6-4-8-14(16)12-15-9-5-7-11-17(15)18/h4-12H,13H2,1-3H3. The first-order chi connectivity index (χ1) is 11.4. The molecule has 2 nitrogen and oxygen atoms in total. The molecule has 3 heteroatoms. The molecule has 0 aliphatic rings. The van der Waals surface area contributed by atoms with Crippen molar-refractivity contribution in [1.29, 1.82) is 0 Å². The lowest BCUT2D eigenvalue weighted by Gasteiger charge is -2.15. The van der Waals surface area contributed by atoms with Gasteiger partial charge in [0.15, 0.2) is 0 Å². The normalized spacial score (nSPS) is 11.8. The second kappa shape index (κ2) is 6.40. The van der Waals surface area contributed by atoms with Crippen LogP contribution >= 0.6 is 11.8 Å². The van der Waals surface area contributed by atoms with E-state index in [9.17, 15) is 9.59 Å². The van der Waals surface area contributed by atoms with Crippen molar-refractivity contribution < 1.29 is 9.59 Å². The van der Waals surface area contributed by atoms with Gasteiger partial charge in [0.05, 0.1) is 0 Å². The number of ketones is 1. The zero-order chi connectivity index (χ0) is 17.3. The highest BCUT2D eigenvalue weighted by molar-refractivity contribution is 8.14. The largest absolute Gasteiger partial charge is 0.289 e. The Morgan fingerprint density at radius 1 is 0.875 bits per heavy atom. The summed E-state index contributed by atoms with van der Waals surface area (Å²) in [5, 5.41) is 4.22. The van der Waals surface area contributed by atoms with Gasteiger partial charge in [-0.2, -0.15) is 0 Å². The van der Waals surface area contributed by atoms with Crippen molar-refractivity contribution in [3.8, 4) is 0 Å². The molecule has 3 aromatic rings. The average molecular weight is 336 g/mol. The molecular weight excluding hydrogens is 316 g/mol. The van der Waals surface area contributed by atoms with Crippen LogP contribution in [0.2, 0.25) is 0 Å². The predicted molar refractivity (Wildman–Crippen MR) is 102 cm³/mol. The Morgan fingerprint density at radius 2 is 1.38 bits per heavy atom. The van der Waals surface area contributed by atoms with Crippen LogP contribution in [0.5, 0.6) is 0 Å². The van der Waals surface area contributed by atoms with Gasteiger partial charge in [-0.1, -0.05) is 81.1 Å². The van der Waals surface area contributed by atoms with Crippen LogP contribution in [0.25, 0.3) is 21.5 Å². The van der Waals surface area contributed by atoms with Gasteiger partial charge in [0.25, 0.3) is 5.12 Å². The second-order valence-corrected chi connectivity index (χ2v) is 7.90. The Hall–Kier alpha value is -2.13. The van der Waals surface area contributed by atoms with Gasteiger partial charge in [-0.05, 0) is 33.2 Å². The average Bonchev–Trinajstić information content (AvgIpc) is 2.56. The van der Waals surface area contributed by atoms with Crippen LogP contribution < -0.4 is 0 Å². The molecule has 122 valence electrons. The third-order valence-electron chi connectivity index (χ3n) is 4.10. The summed E-state index contributed by atoms with van der Waals surface area (Å²) >= 11 is 1.11. The predicted octanol–water partition coefficient (Wildman–Crippen LogP) is 5.37. The Balaban J connectivity index is 2.01. The van der Waals surface area contributed by atoms with E-state index in [4.69, 9.17) is 0 Å². The molecule has 0 aromatic heterocycles. The van der Waals surface area contributed by atoms with Crippen LogP contribution in [0.15, 0.2) is 54.6 Å². The summed E-state index contributed by atoms with van der Waals surface area (Å²) in [7, 11) is 0. The van der Waals surface area contributed by atoms with E-state index in [1.165, 1.54) is 0 Å². The monoisotopic (exact) mass is 336 g/mol. The summed E-state index contributed by atoms with van der Waals surface area (Å²) < 4.78 is 0. The van der Waals surface area contributed by atoms with E-state index in [0.29, 0.717) is 5.75 Å². The fraction of sp³-hybridized carbons (Fsp3) is 0.238. The number of thioether (sulfide) groups is 1. The van der Waals surface area contributed by atoms with Gasteiger partial charge in [0, 0.05) is 11.2 Å². The molecule has 24 heavy (non-hydrogen) atoms. The van der Waals surface area contributed by atoms with Crippen LogP contribution in [-0.2, 0) is 15.3 Å². The summed E-state index contributed by atoms with van der Waals surface area (Å²) in [6, 6.07) is 18.5. The lowest BCUT2D eigenvalue weighted by molar-refractivity contribution is -0.136. The van der Waals surface area contributed by atoms with Gasteiger partial charge in [0.1, 0.15) is 0 Å². The third kappa shape index (κ3) is 3.22. The van der Waals surface area contributed by atoms with E-state index >= 15 is 0 Å². The number of hydrogen-bond acceptors (Lipinski definition) is 3. The summed E-state index contributed by atoms with van der Waals surface area (Å²) in [4.78, 5) is 24.4. The molecule has 0 spiro atoms. The zero-order valence-electron chi connectivity index (χ0n) is 14.1. The maximum atomic E-state index is 12.2. The molecule has 0 aliphatic carbocycles. The molecule has 0 atom stereocenters. The number of carbonyl (C=O) groups is 2. The van der Waals surface area contributed by atoms with Gasteiger partial charge in [-0.25, -0.2) is 0 Å². The molecule has 0 aliphatic heterocycles. The highest BCUT2D eigenvalue weighted by Gasteiger charge is 2.28. The van der Waals surface area contributed by atoms with Crippen molar-refractivity contribution in [2.45, 2.75) is 26.5 Å². The molecule has 3 aromatic carbocycles. The molecular formula is C21H20O2S. The molecule has 0 heterocycles. The number of benzene rings is 3. The molecule has 0 radical (unpaired) electrons. The summed E-state index contributed by atoms with van der Waals surface area (Å²) in [5.41, 5.74) is 0.481. The van der Waals surface area contributed by atoms with Crippen molar-refractivity contribution in [2.75, 3.05) is 0 Å². The minimum absolute atomic E-state index is 0.322. The third-order valence-corrected chi connectivity index (χ3v) is 4.98. The summed E-state index contributed by atoms with van der Waals surface area (Å²) in [6.45, 7) is 5.34. The highest BCUT2D eigenvalue weighted by atomic mass is 32.2. The van der Waals surface area contributed by atoms with E-state index in [2.05, 4.69) is 30.3 Å². The molecule has 3 rings (SSSR count).